The summed E-state index contributed by atoms with van der Waals surface area (Å²) in [5, 5.41) is 24.2. The van der Waals surface area contributed by atoms with Crippen molar-refractivity contribution in [3.05, 3.63) is 24.3 Å². The van der Waals surface area contributed by atoms with E-state index in [-0.39, 0.29) is 10.8 Å². The zero-order valence-corrected chi connectivity index (χ0v) is 13.6. The molecule has 2 aromatic carbocycles. The highest BCUT2D eigenvalue weighted by molar-refractivity contribution is 7.90. The second-order valence-corrected chi connectivity index (χ2v) is 9.25. The van der Waals surface area contributed by atoms with Crippen LogP contribution in [-0.4, -0.2) is 30.4 Å². The number of sulfonamides is 3. The van der Waals surface area contributed by atoms with Gasteiger partial charge in [-0.2, -0.15) is 0 Å². The van der Waals surface area contributed by atoms with Crippen LogP contribution in [0.5, 0.6) is 5.75 Å². The number of hydrogen-bond donors (Lipinski definition) is 4. The largest absolute Gasteiger partial charge is 0.507 e. The predicted octanol–water partition coefficient (Wildman–Crippen LogP) is -1.51. The molecule has 0 amide bonds. The van der Waals surface area contributed by atoms with Crippen molar-refractivity contribution in [2.75, 3.05) is 0 Å². The Labute approximate surface area is 131 Å². The Hall–Kier alpha value is -1.77. The molecule has 0 aliphatic rings. The van der Waals surface area contributed by atoms with Crippen molar-refractivity contribution in [3.8, 4) is 5.75 Å². The van der Waals surface area contributed by atoms with Crippen LogP contribution in [-0.2, 0) is 30.1 Å². The molecule has 0 saturated carbocycles. The first-order valence-electron chi connectivity index (χ1n) is 5.60. The molecule has 0 aromatic heterocycles. The number of rotatable bonds is 3. The summed E-state index contributed by atoms with van der Waals surface area (Å²) in [4.78, 5) is -1.90. The molecule has 0 saturated heterocycles. The van der Waals surface area contributed by atoms with E-state index in [2.05, 4.69) is 0 Å². The summed E-state index contributed by atoms with van der Waals surface area (Å²) in [5.74, 6) is -0.753. The molecule has 2 rings (SSSR count). The molecule has 23 heavy (non-hydrogen) atoms. The molecule has 0 heterocycles. The van der Waals surface area contributed by atoms with Gasteiger partial charge in [0.05, 0.1) is 14.7 Å². The van der Waals surface area contributed by atoms with Gasteiger partial charge in [-0.3, -0.25) is 0 Å². The van der Waals surface area contributed by atoms with Crippen LogP contribution >= 0.6 is 0 Å². The Kier molecular flexibility index (Phi) is 3.91. The fourth-order valence-electron chi connectivity index (χ4n) is 1.95. The van der Waals surface area contributed by atoms with Crippen molar-refractivity contribution in [2.24, 2.45) is 15.4 Å². The van der Waals surface area contributed by atoms with E-state index in [9.17, 15) is 30.4 Å². The van der Waals surface area contributed by atoms with E-state index in [1.807, 2.05) is 0 Å². The van der Waals surface area contributed by atoms with Crippen molar-refractivity contribution in [1.29, 1.82) is 0 Å². The van der Waals surface area contributed by atoms with E-state index in [0.717, 1.165) is 18.2 Å². The molecule has 7 N–H and O–H groups in total. The molecule has 13 heteroatoms. The van der Waals surface area contributed by atoms with E-state index in [1.54, 1.807) is 0 Å². The van der Waals surface area contributed by atoms with E-state index < -0.39 is 50.5 Å². The fourth-order valence-corrected chi connectivity index (χ4v) is 3.97. The number of benzene rings is 2. The molecule has 0 spiro atoms. The SMILES string of the molecule is NS(=O)(=O)c1cc(O)c2c(S(N)(=O)=O)cc(S(N)(=O)=O)cc2c1. The molecule has 0 unspecified atom stereocenters. The maximum absolute atomic E-state index is 11.6. The van der Waals surface area contributed by atoms with Crippen molar-refractivity contribution >= 4 is 40.8 Å². The van der Waals surface area contributed by atoms with Crippen molar-refractivity contribution < 1.29 is 30.4 Å². The lowest BCUT2D eigenvalue weighted by atomic mass is 10.1. The Morgan fingerprint density at radius 2 is 1.13 bits per heavy atom. The minimum absolute atomic E-state index is 0.232. The van der Waals surface area contributed by atoms with E-state index in [1.165, 1.54) is 0 Å². The van der Waals surface area contributed by atoms with Crippen LogP contribution in [0.4, 0.5) is 0 Å². The molecule has 0 aliphatic heterocycles. The Balaban J connectivity index is 3.12. The van der Waals surface area contributed by atoms with Gasteiger partial charge in [0.1, 0.15) is 5.75 Å². The number of aromatic hydroxyl groups is 1. The lowest BCUT2D eigenvalue weighted by Gasteiger charge is -2.11. The van der Waals surface area contributed by atoms with E-state index in [4.69, 9.17) is 15.4 Å². The maximum atomic E-state index is 11.6. The molecular weight excluding hydrogens is 370 g/mol. The molecule has 0 atom stereocenters. The quantitative estimate of drug-likeness (QED) is 0.494. The van der Waals surface area contributed by atoms with Gasteiger partial charge in [0.2, 0.25) is 30.1 Å². The molecule has 0 bridgehead atoms. The predicted molar refractivity (Wildman–Crippen MR) is 79.7 cm³/mol. The van der Waals surface area contributed by atoms with Crippen LogP contribution in [0.2, 0.25) is 0 Å². The number of primary sulfonamides is 3. The summed E-state index contributed by atoms with van der Waals surface area (Å²) in [6.45, 7) is 0. The van der Waals surface area contributed by atoms with Gasteiger partial charge >= 0.3 is 0 Å². The van der Waals surface area contributed by atoms with Crippen molar-refractivity contribution in [2.45, 2.75) is 14.7 Å². The van der Waals surface area contributed by atoms with Gasteiger partial charge in [0.25, 0.3) is 0 Å². The Bertz CT molecular complexity index is 1130. The lowest BCUT2D eigenvalue weighted by molar-refractivity contribution is 0.478. The third kappa shape index (κ3) is 3.44. The van der Waals surface area contributed by atoms with Crippen LogP contribution < -0.4 is 15.4 Å². The van der Waals surface area contributed by atoms with Gasteiger partial charge in [-0.25, -0.2) is 40.7 Å². The summed E-state index contributed by atoms with van der Waals surface area (Å²) in [5.41, 5.74) is 0. The fraction of sp³-hybridized carbons (Fsp3) is 0. The highest BCUT2D eigenvalue weighted by Crippen LogP contribution is 2.35. The van der Waals surface area contributed by atoms with Gasteiger partial charge in [-0.1, -0.05) is 0 Å². The number of phenolic OH excluding ortho intramolecular Hbond substituents is 1. The van der Waals surface area contributed by atoms with E-state index >= 15 is 0 Å². The summed E-state index contributed by atoms with van der Waals surface area (Å²) >= 11 is 0. The third-order valence-electron chi connectivity index (χ3n) is 2.90. The molecule has 10 nitrogen and oxygen atoms in total. The van der Waals surface area contributed by atoms with Gasteiger partial charge in [-0.15, -0.1) is 0 Å². The van der Waals surface area contributed by atoms with Gasteiger partial charge < -0.3 is 5.11 Å². The molecule has 0 radical (unpaired) electrons. The van der Waals surface area contributed by atoms with Crippen molar-refractivity contribution in [3.63, 3.8) is 0 Å². The van der Waals surface area contributed by atoms with Gasteiger partial charge in [0, 0.05) is 11.5 Å². The standard InChI is InChI=1S/C10H11N3O7S3/c11-21(15,16)6-1-5-2-7(22(12,17)18)4-9(23(13,19)20)10(5)8(14)3-6/h1-4,14H,(H2,11,15,16)(H2,12,17,18)(H2,13,19,20). The van der Waals surface area contributed by atoms with Crippen LogP contribution in [0.15, 0.2) is 39.0 Å². The third-order valence-corrected chi connectivity index (χ3v) is 5.62. The number of hydrogen-bond acceptors (Lipinski definition) is 7. The van der Waals surface area contributed by atoms with Gasteiger partial charge in [0.15, 0.2) is 0 Å². The Morgan fingerprint density at radius 3 is 1.52 bits per heavy atom. The topological polar surface area (TPSA) is 201 Å². The van der Waals surface area contributed by atoms with Crippen LogP contribution in [0.25, 0.3) is 10.8 Å². The number of fused-ring (bicyclic) bond motifs is 1. The second kappa shape index (κ2) is 5.12. The van der Waals surface area contributed by atoms with Crippen LogP contribution in [0.1, 0.15) is 0 Å². The monoisotopic (exact) mass is 381 g/mol. The first-order chi connectivity index (χ1) is 10.2. The Morgan fingerprint density at radius 1 is 0.696 bits per heavy atom. The van der Waals surface area contributed by atoms with Crippen LogP contribution in [0, 0.1) is 0 Å². The average molecular weight is 381 g/mol. The highest BCUT2D eigenvalue weighted by Gasteiger charge is 2.22. The first-order valence-corrected chi connectivity index (χ1v) is 10.2. The zero-order chi connectivity index (χ0) is 17.8. The molecule has 126 valence electrons. The molecular formula is C10H11N3O7S3. The van der Waals surface area contributed by atoms with E-state index in [0.29, 0.717) is 6.07 Å². The number of nitrogens with two attached hydrogens (primary N) is 3. The zero-order valence-electron chi connectivity index (χ0n) is 11.2. The minimum Gasteiger partial charge on any atom is -0.507 e. The second-order valence-electron chi connectivity index (χ2n) is 4.60. The smallest absolute Gasteiger partial charge is 0.238 e. The van der Waals surface area contributed by atoms with Crippen LogP contribution in [0.3, 0.4) is 0 Å². The number of phenols is 1. The molecule has 2 aromatic rings. The summed E-state index contributed by atoms with van der Waals surface area (Å²) in [6, 6.07) is 3.19. The normalized spacial score (nSPS) is 13.3. The van der Waals surface area contributed by atoms with Gasteiger partial charge in [-0.05, 0) is 23.6 Å². The minimum atomic E-state index is -4.44. The molecule has 0 aliphatic carbocycles. The van der Waals surface area contributed by atoms with Crippen molar-refractivity contribution in [1.82, 2.24) is 0 Å². The molecule has 0 fully saturated rings. The first kappa shape index (κ1) is 17.6. The summed E-state index contributed by atoms with van der Waals surface area (Å²) in [6.07, 6.45) is 0. The maximum Gasteiger partial charge on any atom is 0.238 e. The summed E-state index contributed by atoms with van der Waals surface area (Å²) < 4.78 is 69.0. The average Bonchev–Trinajstić information content (AvgIpc) is 2.33. The highest BCUT2D eigenvalue weighted by atomic mass is 32.2. The summed E-state index contributed by atoms with van der Waals surface area (Å²) in [7, 11) is -13.0. The lowest BCUT2D eigenvalue weighted by Crippen LogP contribution is -2.17.